The average Bonchev–Trinajstić information content (AvgIpc) is 2.37. The third kappa shape index (κ3) is 3.86. The van der Waals surface area contributed by atoms with Crippen molar-refractivity contribution in [3.63, 3.8) is 0 Å². The molecule has 0 spiro atoms. The molecule has 1 aromatic rings. The van der Waals surface area contributed by atoms with Crippen molar-refractivity contribution >= 4 is 33.6 Å². The standard InChI is InChI=1S/C13H14BrNO5/c1-3-5-8(2)12(16)20-13(17)9-6-4-7-10(14)11(9)15(18)19/h4,6-8H,3,5H2,1-2H3. The molecule has 20 heavy (non-hydrogen) atoms. The number of benzene rings is 1. The molecule has 108 valence electrons. The Morgan fingerprint density at radius 2 is 2.10 bits per heavy atom. The first-order chi connectivity index (χ1) is 9.38. The number of halogens is 1. The van der Waals surface area contributed by atoms with Crippen LogP contribution in [0.3, 0.4) is 0 Å². The first-order valence-corrected chi connectivity index (χ1v) is 6.86. The molecule has 0 saturated carbocycles. The van der Waals surface area contributed by atoms with Crippen molar-refractivity contribution in [2.75, 3.05) is 0 Å². The zero-order valence-corrected chi connectivity index (χ0v) is 12.7. The SMILES string of the molecule is CCCC(C)C(=O)OC(=O)c1cccc(Br)c1[N+](=O)[O-]. The highest BCUT2D eigenvalue weighted by Crippen LogP contribution is 2.29. The van der Waals surface area contributed by atoms with Crippen molar-refractivity contribution in [3.05, 3.63) is 38.3 Å². The molecular formula is C13H14BrNO5. The first kappa shape index (κ1) is 16.3. The number of carbonyl (C=O) groups is 2. The van der Waals surface area contributed by atoms with Crippen molar-refractivity contribution in [3.8, 4) is 0 Å². The van der Waals surface area contributed by atoms with Gasteiger partial charge in [-0.05, 0) is 34.5 Å². The zero-order chi connectivity index (χ0) is 15.3. The Balaban J connectivity index is 2.96. The molecular weight excluding hydrogens is 330 g/mol. The number of esters is 2. The monoisotopic (exact) mass is 343 g/mol. The fourth-order valence-electron chi connectivity index (χ4n) is 1.66. The van der Waals surface area contributed by atoms with E-state index in [4.69, 9.17) is 4.74 Å². The molecule has 7 heteroatoms. The number of hydrogen-bond donors (Lipinski definition) is 0. The summed E-state index contributed by atoms with van der Waals surface area (Å²) in [6, 6.07) is 4.16. The van der Waals surface area contributed by atoms with Gasteiger partial charge in [-0.1, -0.05) is 26.3 Å². The predicted octanol–water partition coefficient (Wildman–Crippen LogP) is 3.48. The van der Waals surface area contributed by atoms with Gasteiger partial charge in [-0.25, -0.2) is 4.79 Å². The third-order valence-corrected chi connectivity index (χ3v) is 3.35. The summed E-state index contributed by atoms with van der Waals surface area (Å²) in [5.74, 6) is -2.10. The number of para-hydroxylation sites is 1. The van der Waals surface area contributed by atoms with E-state index < -0.39 is 28.5 Å². The molecule has 0 bridgehead atoms. The molecule has 1 atom stereocenters. The Morgan fingerprint density at radius 3 is 2.65 bits per heavy atom. The van der Waals surface area contributed by atoms with Crippen LogP contribution < -0.4 is 0 Å². The van der Waals surface area contributed by atoms with E-state index in [1.54, 1.807) is 6.92 Å². The summed E-state index contributed by atoms with van der Waals surface area (Å²) in [5.41, 5.74) is -0.658. The summed E-state index contributed by atoms with van der Waals surface area (Å²) >= 11 is 3.00. The van der Waals surface area contributed by atoms with Gasteiger partial charge in [-0.2, -0.15) is 0 Å². The van der Waals surface area contributed by atoms with Crippen LogP contribution in [0.4, 0.5) is 5.69 Å². The second-order valence-electron chi connectivity index (χ2n) is 4.29. The molecule has 0 aliphatic carbocycles. The smallest absolute Gasteiger partial charge is 0.352 e. The Labute approximate surface area is 124 Å². The second-order valence-corrected chi connectivity index (χ2v) is 5.15. The summed E-state index contributed by atoms with van der Waals surface area (Å²) in [6.45, 7) is 3.55. The van der Waals surface area contributed by atoms with E-state index in [0.29, 0.717) is 6.42 Å². The van der Waals surface area contributed by atoms with Gasteiger partial charge >= 0.3 is 11.9 Å². The van der Waals surface area contributed by atoms with Gasteiger partial charge in [0.2, 0.25) is 0 Å². The minimum atomic E-state index is -1.01. The van der Waals surface area contributed by atoms with Crippen molar-refractivity contribution in [1.29, 1.82) is 0 Å². The lowest BCUT2D eigenvalue weighted by atomic mass is 10.1. The zero-order valence-electron chi connectivity index (χ0n) is 11.1. The van der Waals surface area contributed by atoms with Crippen LogP contribution in [-0.4, -0.2) is 16.9 Å². The number of hydrogen-bond acceptors (Lipinski definition) is 5. The lowest BCUT2D eigenvalue weighted by Crippen LogP contribution is -2.20. The van der Waals surface area contributed by atoms with Crippen LogP contribution >= 0.6 is 15.9 Å². The van der Waals surface area contributed by atoms with Crippen LogP contribution in [0.15, 0.2) is 22.7 Å². The van der Waals surface area contributed by atoms with Crippen LogP contribution in [0.1, 0.15) is 37.0 Å². The topological polar surface area (TPSA) is 86.5 Å². The molecule has 0 heterocycles. The molecule has 0 fully saturated rings. The van der Waals surface area contributed by atoms with E-state index in [-0.39, 0.29) is 10.0 Å². The van der Waals surface area contributed by atoms with Gasteiger partial charge in [0.25, 0.3) is 5.69 Å². The molecule has 0 aliphatic heterocycles. The number of carbonyl (C=O) groups excluding carboxylic acids is 2. The Bertz CT molecular complexity index is 544. The maximum Gasteiger partial charge on any atom is 0.352 e. The molecule has 0 aromatic heterocycles. The summed E-state index contributed by atoms with van der Waals surface area (Å²) in [6.07, 6.45) is 1.37. The fraction of sp³-hybridized carbons (Fsp3) is 0.385. The van der Waals surface area contributed by atoms with Crippen molar-refractivity contribution in [2.24, 2.45) is 5.92 Å². The lowest BCUT2D eigenvalue weighted by Gasteiger charge is -2.09. The molecule has 0 radical (unpaired) electrons. The van der Waals surface area contributed by atoms with Crippen LogP contribution in [-0.2, 0) is 9.53 Å². The number of nitro groups is 1. The van der Waals surface area contributed by atoms with E-state index in [1.165, 1.54) is 18.2 Å². The summed E-state index contributed by atoms with van der Waals surface area (Å²) < 4.78 is 4.85. The van der Waals surface area contributed by atoms with Crippen molar-refractivity contribution in [1.82, 2.24) is 0 Å². The van der Waals surface area contributed by atoms with Crippen LogP contribution in [0.2, 0.25) is 0 Å². The molecule has 1 rings (SSSR count). The van der Waals surface area contributed by atoms with Crippen molar-refractivity contribution in [2.45, 2.75) is 26.7 Å². The first-order valence-electron chi connectivity index (χ1n) is 6.07. The molecule has 1 unspecified atom stereocenters. The Kier molecular flexibility index (Phi) is 5.82. The molecule has 1 aromatic carbocycles. The normalized spacial score (nSPS) is 11.8. The predicted molar refractivity (Wildman–Crippen MR) is 75.3 cm³/mol. The van der Waals surface area contributed by atoms with Crippen molar-refractivity contribution < 1.29 is 19.2 Å². The lowest BCUT2D eigenvalue weighted by molar-refractivity contribution is -0.386. The third-order valence-electron chi connectivity index (χ3n) is 2.71. The Hall–Kier alpha value is -1.76. The summed E-state index contributed by atoms with van der Waals surface area (Å²) in [4.78, 5) is 33.8. The molecule has 0 amide bonds. The average molecular weight is 344 g/mol. The highest BCUT2D eigenvalue weighted by atomic mass is 79.9. The molecule has 6 nitrogen and oxygen atoms in total. The summed E-state index contributed by atoms with van der Waals surface area (Å²) in [7, 11) is 0. The Morgan fingerprint density at radius 1 is 1.45 bits per heavy atom. The quantitative estimate of drug-likeness (QED) is 0.353. The highest BCUT2D eigenvalue weighted by Gasteiger charge is 2.27. The maximum absolute atomic E-state index is 11.9. The number of nitrogens with zero attached hydrogens (tertiary/aromatic N) is 1. The van der Waals surface area contributed by atoms with Crippen LogP contribution in [0.5, 0.6) is 0 Å². The highest BCUT2D eigenvalue weighted by molar-refractivity contribution is 9.10. The molecule has 0 saturated heterocycles. The number of nitro benzene ring substituents is 1. The van der Waals surface area contributed by atoms with Gasteiger partial charge in [0.1, 0.15) is 5.56 Å². The van der Waals surface area contributed by atoms with Crippen LogP contribution in [0, 0.1) is 16.0 Å². The maximum atomic E-state index is 11.9. The molecule has 0 aliphatic rings. The van der Waals surface area contributed by atoms with Gasteiger partial charge < -0.3 is 4.74 Å². The largest absolute Gasteiger partial charge is 0.389 e. The van der Waals surface area contributed by atoms with E-state index in [2.05, 4.69) is 15.9 Å². The van der Waals surface area contributed by atoms with Gasteiger partial charge in [0.05, 0.1) is 15.3 Å². The fourth-order valence-corrected chi connectivity index (χ4v) is 2.17. The van der Waals surface area contributed by atoms with E-state index >= 15 is 0 Å². The number of ether oxygens (including phenoxy) is 1. The van der Waals surface area contributed by atoms with E-state index in [0.717, 1.165) is 6.42 Å². The van der Waals surface area contributed by atoms with Crippen LogP contribution in [0.25, 0.3) is 0 Å². The minimum absolute atomic E-state index is 0.158. The van der Waals surface area contributed by atoms with Gasteiger partial charge in [-0.3, -0.25) is 14.9 Å². The second kappa shape index (κ2) is 7.14. The van der Waals surface area contributed by atoms with Gasteiger partial charge in [-0.15, -0.1) is 0 Å². The van der Waals surface area contributed by atoms with E-state index in [9.17, 15) is 19.7 Å². The minimum Gasteiger partial charge on any atom is -0.389 e. The summed E-state index contributed by atoms with van der Waals surface area (Å²) in [5, 5.41) is 11.0. The molecule has 0 N–H and O–H groups in total. The van der Waals surface area contributed by atoms with Gasteiger partial charge in [0, 0.05) is 0 Å². The number of rotatable bonds is 5. The van der Waals surface area contributed by atoms with E-state index in [1.807, 2.05) is 6.92 Å². The van der Waals surface area contributed by atoms with Gasteiger partial charge in [0.15, 0.2) is 0 Å².